The van der Waals surface area contributed by atoms with Gasteiger partial charge in [0.05, 0.1) is 104 Å². The molecule has 1 aromatic rings. The average molecular weight is 488 g/mol. The molecule has 10 heteroatoms. The summed E-state index contributed by atoms with van der Waals surface area (Å²) in [5, 5.41) is 0. The van der Waals surface area contributed by atoms with Crippen LogP contribution < -0.4 is 10.5 Å². The average Bonchev–Trinajstić information content (AvgIpc) is 2.85. The fourth-order valence-corrected chi connectivity index (χ4v) is 2.43. The standard InChI is InChI=1S/C24H41NO9/c1-2-26-7-8-27-9-10-28-11-12-29-13-14-30-15-16-31-17-18-32-19-20-33-21-22-34-24-6-4-3-5-23(24)25/h2-6H,1,7-22,25H2. The molecule has 0 amide bonds. The van der Waals surface area contributed by atoms with E-state index in [1.807, 2.05) is 18.2 Å². The van der Waals surface area contributed by atoms with Crippen LogP contribution in [0.15, 0.2) is 37.1 Å². The minimum atomic E-state index is 0.443. The molecule has 0 radical (unpaired) electrons. The number of rotatable bonds is 26. The summed E-state index contributed by atoms with van der Waals surface area (Å²) < 4.78 is 48.4. The Bertz CT molecular complexity index is 577. The number of nitrogen functional groups attached to an aromatic ring is 1. The molecule has 2 N–H and O–H groups in total. The van der Waals surface area contributed by atoms with Crippen LogP contribution in [0.4, 0.5) is 5.69 Å². The molecule has 0 aliphatic rings. The van der Waals surface area contributed by atoms with Gasteiger partial charge < -0.3 is 48.4 Å². The summed E-state index contributed by atoms with van der Waals surface area (Å²) in [6.07, 6.45) is 1.40. The Labute approximate surface area is 203 Å². The van der Waals surface area contributed by atoms with Crippen molar-refractivity contribution >= 4 is 5.69 Å². The molecule has 0 aliphatic carbocycles. The fourth-order valence-electron chi connectivity index (χ4n) is 2.43. The number of hydrogen-bond donors (Lipinski definition) is 1. The molecule has 0 fully saturated rings. The zero-order chi connectivity index (χ0) is 24.4. The lowest BCUT2D eigenvalue weighted by atomic mass is 10.3. The Kier molecular flexibility index (Phi) is 21.4. The van der Waals surface area contributed by atoms with Crippen LogP contribution in [0.25, 0.3) is 0 Å². The van der Waals surface area contributed by atoms with E-state index in [2.05, 4.69) is 6.58 Å². The molecule has 34 heavy (non-hydrogen) atoms. The van der Waals surface area contributed by atoms with Gasteiger partial charge in [-0.3, -0.25) is 0 Å². The summed E-state index contributed by atoms with van der Waals surface area (Å²) in [4.78, 5) is 0. The molecule has 0 bridgehead atoms. The highest BCUT2D eigenvalue weighted by Crippen LogP contribution is 2.19. The highest BCUT2D eigenvalue weighted by Gasteiger charge is 1.98. The van der Waals surface area contributed by atoms with Crippen molar-refractivity contribution in [2.24, 2.45) is 0 Å². The highest BCUT2D eigenvalue weighted by molar-refractivity contribution is 5.51. The molecule has 1 rings (SSSR count). The summed E-state index contributed by atoms with van der Waals surface area (Å²) in [5.74, 6) is 0.672. The van der Waals surface area contributed by atoms with Crippen LogP contribution in [0, 0.1) is 0 Å². The van der Waals surface area contributed by atoms with Crippen LogP contribution in [-0.2, 0) is 37.9 Å². The summed E-state index contributed by atoms with van der Waals surface area (Å²) in [7, 11) is 0. The van der Waals surface area contributed by atoms with Crippen molar-refractivity contribution in [2.75, 3.05) is 111 Å². The van der Waals surface area contributed by atoms with Crippen LogP contribution in [0.2, 0.25) is 0 Å². The number of anilines is 1. The lowest BCUT2D eigenvalue weighted by Crippen LogP contribution is -2.15. The van der Waals surface area contributed by atoms with Gasteiger partial charge in [0.15, 0.2) is 0 Å². The van der Waals surface area contributed by atoms with E-state index in [0.717, 1.165) is 0 Å². The Morgan fingerprint density at radius 1 is 0.529 bits per heavy atom. The maximum atomic E-state index is 5.80. The summed E-state index contributed by atoms with van der Waals surface area (Å²) in [5.41, 5.74) is 6.42. The number of hydrogen-bond acceptors (Lipinski definition) is 10. The monoisotopic (exact) mass is 487 g/mol. The quantitative estimate of drug-likeness (QED) is 0.118. The van der Waals surface area contributed by atoms with Gasteiger partial charge in [-0.15, -0.1) is 0 Å². The normalized spacial score (nSPS) is 10.9. The van der Waals surface area contributed by atoms with Crippen molar-refractivity contribution < 1.29 is 42.6 Å². The predicted molar refractivity (Wildman–Crippen MR) is 128 cm³/mol. The van der Waals surface area contributed by atoms with E-state index < -0.39 is 0 Å². The number of ether oxygens (including phenoxy) is 9. The van der Waals surface area contributed by atoms with Gasteiger partial charge >= 0.3 is 0 Å². The van der Waals surface area contributed by atoms with Gasteiger partial charge in [0.25, 0.3) is 0 Å². The topological polar surface area (TPSA) is 109 Å². The third-order valence-electron chi connectivity index (χ3n) is 4.10. The molecule has 0 aromatic heterocycles. The minimum absolute atomic E-state index is 0.443. The molecule has 0 unspecified atom stereocenters. The molecule has 0 spiro atoms. The van der Waals surface area contributed by atoms with Crippen molar-refractivity contribution in [3.63, 3.8) is 0 Å². The fraction of sp³-hybridized carbons (Fsp3) is 0.667. The lowest BCUT2D eigenvalue weighted by Gasteiger charge is -2.09. The van der Waals surface area contributed by atoms with E-state index in [1.165, 1.54) is 6.26 Å². The predicted octanol–water partition coefficient (Wildman–Crippen LogP) is 1.92. The zero-order valence-corrected chi connectivity index (χ0v) is 20.2. The summed E-state index contributed by atoms with van der Waals surface area (Å²) in [6.45, 7) is 11.6. The molecule has 0 saturated carbocycles. The van der Waals surface area contributed by atoms with Gasteiger partial charge in [0.1, 0.15) is 19.0 Å². The maximum absolute atomic E-state index is 5.80. The van der Waals surface area contributed by atoms with Gasteiger partial charge in [-0.2, -0.15) is 0 Å². The van der Waals surface area contributed by atoms with Gasteiger partial charge in [-0.1, -0.05) is 18.7 Å². The van der Waals surface area contributed by atoms with Crippen LogP contribution >= 0.6 is 0 Å². The van der Waals surface area contributed by atoms with E-state index in [0.29, 0.717) is 117 Å². The van der Waals surface area contributed by atoms with Crippen molar-refractivity contribution in [1.82, 2.24) is 0 Å². The third-order valence-corrected chi connectivity index (χ3v) is 4.10. The number of para-hydroxylation sites is 2. The second-order valence-electron chi connectivity index (χ2n) is 6.71. The van der Waals surface area contributed by atoms with Crippen molar-refractivity contribution in [3.8, 4) is 5.75 Å². The van der Waals surface area contributed by atoms with E-state index in [1.54, 1.807) is 6.07 Å². The van der Waals surface area contributed by atoms with Crippen molar-refractivity contribution in [1.29, 1.82) is 0 Å². The lowest BCUT2D eigenvalue weighted by molar-refractivity contribution is -0.0222. The second-order valence-corrected chi connectivity index (χ2v) is 6.71. The molecule has 0 aliphatic heterocycles. The van der Waals surface area contributed by atoms with E-state index in [-0.39, 0.29) is 0 Å². The molecule has 0 atom stereocenters. The first kappa shape index (κ1) is 30.1. The molecule has 0 heterocycles. The largest absolute Gasteiger partial charge is 0.499 e. The molecule has 196 valence electrons. The van der Waals surface area contributed by atoms with E-state index >= 15 is 0 Å². The Balaban J connectivity index is 1.67. The second kappa shape index (κ2) is 24.2. The molecular formula is C24H41NO9. The smallest absolute Gasteiger partial charge is 0.142 e. The maximum Gasteiger partial charge on any atom is 0.142 e. The van der Waals surface area contributed by atoms with Gasteiger partial charge in [-0.25, -0.2) is 0 Å². The molecule has 1 aromatic carbocycles. The van der Waals surface area contributed by atoms with Crippen molar-refractivity contribution in [2.45, 2.75) is 0 Å². The Morgan fingerprint density at radius 2 is 0.882 bits per heavy atom. The molecule has 10 nitrogen and oxygen atoms in total. The molecule has 0 saturated heterocycles. The Morgan fingerprint density at radius 3 is 1.26 bits per heavy atom. The van der Waals surface area contributed by atoms with Crippen LogP contribution in [0.3, 0.4) is 0 Å². The molecular weight excluding hydrogens is 446 g/mol. The zero-order valence-electron chi connectivity index (χ0n) is 20.2. The van der Waals surface area contributed by atoms with Crippen molar-refractivity contribution in [3.05, 3.63) is 37.1 Å². The highest BCUT2D eigenvalue weighted by atomic mass is 16.6. The first-order valence-corrected chi connectivity index (χ1v) is 11.6. The van der Waals surface area contributed by atoms with Crippen LogP contribution in [-0.4, -0.2) is 106 Å². The first-order valence-electron chi connectivity index (χ1n) is 11.6. The minimum Gasteiger partial charge on any atom is -0.499 e. The van der Waals surface area contributed by atoms with Gasteiger partial charge in [-0.05, 0) is 12.1 Å². The summed E-state index contributed by atoms with van der Waals surface area (Å²) in [6, 6.07) is 7.38. The SMILES string of the molecule is C=COCCOCCOCCOCCOCCOCCOCCOCCOc1ccccc1N. The third kappa shape index (κ3) is 19.5. The summed E-state index contributed by atoms with van der Waals surface area (Å²) >= 11 is 0. The van der Waals surface area contributed by atoms with Crippen LogP contribution in [0.5, 0.6) is 5.75 Å². The van der Waals surface area contributed by atoms with E-state index in [4.69, 9.17) is 48.4 Å². The van der Waals surface area contributed by atoms with Gasteiger partial charge in [0, 0.05) is 0 Å². The number of benzene rings is 1. The van der Waals surface area contributed by atoms with E-state index in [9.17, 15) is 0 Å². The van der Waals surface area contributed by atoms with Crippen LogP contribution in [0.1, 0.15) is 0 Å². The Hall–Kier alpha value is -1.92. The first-order chi connectivity index (χ1) is 16.8. The number of nitrogens with two attached hydrogens (primary N) is 1. The van der Waals surface area contributed by atoms with Gasteiger partial charge in [0.2, 0.25) is 0 Å².